The molecule has 1 N–H and O–H groups in total. The summed E-state index contributed by atoms with van der Waals surface area (Å²) in [4.78, 5) is 42.1. The van der Waals surface area contributed by atoms with Gasteiger partial charge in [-0.2, -0.15) is 0 Å². The number of carbonyl (C=O) groups is 3. The van der Waals surface area contributed by atoms with Gasteiger partial charge in [0.15, 0.2) is 0 Å². The molecule has 0 saturated carbocycles. The van der Waals surface area contributed by atoms with Crippen molar-refractivity contribution in [2.75, 3.05) is 37.5 Å². The Morgan fingerprint density at radius 2 is 1.93 bits per heavy atom. The fraction of sp³-hybridized carbons (Fsp3) is 0.318. The lowest BCUT2D eigenvalue weighted by Crippen LogP contribution is -2.47. The minimum atomic E-state index is -0.534. The number of ether oxygens (including phenoxy) is 2. The third-order valence-electron chi connectivity index (χ3n) is 5.47. The van der Waals surface area contributed by atoms with E-state index >= 15 is 0 Å². The van der Waals surface area contributed by atoms with Gasteiger partial charge in [-0.3, -0.25) is 14.4 Å². The molecule has 2 aliphatic rings. The second-order valence-corrected chi connectivity index (χ2v) is 7.21. The molecule has 0 spiro atoms. The molecule has 8 heteroatoms. The second kappa shape index (κ2) is 8.06. The number of rotatable bonds is 5. The highest BCUT2D eigenvalue weighted by Gasteiger charge is 2.42. The van der Waals surface area contributed by atoms with Crippen LogP contribution in [-0.2, 0) is 9.59 Å². The lowest BCUT2D eigenvalue weighted by atomic mass is 10.1. The van der Waals surface area contributed by atoms with Gasteiger partial charge in [0.2, 0.25) is 11.8 Å². The van der Waals surface area contributed by atoms with Crippen molar-refractivity contribution in [1.29, 1.82) is 0 Å². The summed E-state index contributed by atoms with van der Waals surface area (Å²) in [5.74, 6) is 0.257. The smallest absolute Gasteiger partial charge is 0.256 e. The van der Waals surface area contributed by atoms with Crippen LogP contribution >= 0.6 is 0 Å². The molecule has 1 atom stereocenters. The number of hydrogen-bond donors (Lipinski definition) is 1. The Morgan fingerprint density at radius 1 is 1.13 bits per heavy atom. The van der Waals surface area contributed by atoms with E-state index in [1.807, 2.05) is 0 Å². The van der Waals surface area contributed by atoms with Crippen LogP contribution in [0.3, 0.4) is 0 Å². The zero-order chi connectivity index (χ0) is 21.3. The Hall–Kier alpha value is -3.55. The maximum absolute atomic E-state index is 13.2. The number of benzene rings is 2. The van der Waals surface area contributed by atoms with E-state index in [9.17, 15) is 14.4 Å². The molecule has 0 aliphatic carbocycles. The monoisotopic (exact) mass is 409 g/mol. The molecule has 2 heterocycles. The molecule has 0 aromatic heterocycles. The maximum Gasteiger partial charge on any atom is 0.256 e. The third kappa shape index (κ3) is 3.45. The number of nitrogens with one attached hydrogen (secondary N) is 1. The number of anilines is 2. The number of hydrogen-bond acceptors (Lipinski definition) is 5. The molecule has 1 saturated heterocycles. The number of fused-ring (bicyclic) bond motifs is 2. The molecular formula is C22H23N3O5. The molecule has 0 radical (unpaired) electrons. The lowest BCUT2D eigenvalue weighted by Gasteiger charge is -2.25. The van der Waals surface area contributed by atoms with Gasteiger partial charge in [0, 0.05) is 12.6 Å². The molecule has 3 amide bonds. The van der Waals surface area contributed by atoms with Gasteiger partial charge in [0.1, 0.15) is 24.1 Å². The molecule has 2 aromatic carbocycles. The van der Waals surface area contributed by atoms with E-state index < -0.39 is 6.04 Å². The van der Waals surface area contributed by atoms with Crippen molar-refractivity contribution >= 4 is 29.1 Å². The lowest BCUT2D eigenvalue weighted by molar-refractivity contribution is -0.124. The first-order chi connectivity index (χ1) is 14.5. The number of amides is 3. The standard InChI is InChI=1S/C22H23N3O5/c1-29-14-9-10-16(19(12-14)30-2)23-20(26)13-25-17-7-4-3-6-15(17)21(27)24-11-5-8-18(24)22(25)28/h3-4,6-7,9-10,12,18H,5,8,11,13H2,1-2H3,(H,23,26). The first kappa shape index (κ1) is 19.8. The Labute approximate surface area is 174 Å². The molecule has 0 bridgehead atoms. The van der Waals surface area contributed by atoms with Crippen LogP contribution in [-0.4, -0.2) is 56.0 Å². The van der Waals surface area contributed by atoms with E-state index in [2.05, 4.69) is 5.32 Å². The maximum atomic E-state index is 13.2. The minimum absolute atomic E-state index is 0.166. The highest BCUT2D eigenvalue weighted by molar-refractivity contribution is 6.13. The average Bonchev–Trinajstić information content (AvgIpc) is 3.24. The first-order valence-corrected chi connectivity index (χ1v) is 9.76. The van der Waals surface area contributed by atoms with Crippen LogP contribution in [0.4, 0.5) is 11.4 Å². The predicted molar refractivity (Wildman–Crippen MR) is 111 cm³/mol. The summed E-state index contributed by atoms with van der Waals surface area (Å²) in [7, 11) is 3.04. The number of carbonyl (C=O) groups excluding carboxylic acids is 3. The van der Waals surface area contributed by atoms with Gasteiger partial charge in [-0.25, -0.2) is 0 Å². The van der Waals surface area contributed by atoms with E-state index in [1.54, 1.807) is 54.5 Å². The van der Waals surface area contributed by atoms with Crippen LogP contribution in [0.5, 0.6) is 11.5 Å². The summed E-state index contributed by atoms with van der Waals surface area (Å²) in [6, 6.07) is 11.4. The molecule has 30 heavy (non-hydrogen) atoms. The van der Waals surface area contributed by atoms with Crippen LogP contribution in [0.15, 0.2) is 42.5 Å². The Balaban J connectivity index is 1.61. The van der Waals surface area contributed by atoms with Gasteiger partial charge in [-0.1, -0.05) is 12.1 Å². The van der Waals surface area contributed by atoms with Gasteiger partial charge < -0.3 is 24.6 Å². The largest absolute Gasteiger partial charge is 0.497 e. The Morgan fingerprint density at radius 3 is 2.70 bits per heavy atom. The molecule has 1 fully saturated rings. The molecule has 156 valence electrons. The van der Waals surface area contributed by atoms with Crippen molar-refractivity contribution in [2.24, 2.45) is 0 Å². The van der Waals surface area contributed by atoms with Gasteiger partial charge in [0.25, 0.3) is 5.91 Å². The topological polar surface area (TPSA) is 88.2 Å². The predicted octanol–water partition coefficient (Wildman–Crippen LogP) is 2.29. The third-order valence-corrected chi connectivity index (χ3v) is 5.47. The Kier molecular flexibility index (Phi) is 5.31. The van der Waals surface area contributed by atoms with Crippen molar-refractivity contribution in [3.8, 4) is 11.5 Å². The van der Waals surface area contributed by atoms with Crippen molar-refractivity contribution < 1.29 is 23.9 Å². The molecule has 2 aliphatic heterocycles. The van der Waals surface area contributed by atoms with Gasteiger partial charge in [-0.05, 0) is 37.1 Å². The SMILES string of the molecule is COc1ccc(NC(=O)CN2C(=O)C3CCCN3C(=O)c3ccccc32)c(OC)c1. The van der Waals surface area contributed by atoms with E-state index in [-0.39, 0.29) is 24.3 Å². The summed E-state index contributed by atoms with van der Waals surface area (Å²) in [6.07, 6.45) is 1.37. The van der Waals surface area contributed by atoms with Crippen molar-refractivity contribution in [3.05, 3.63) is 48.0 Å². The zero-order valence-corrected chi connectivity index (χ0v) is 16.9. The van der Waals surface area contributed by atoms with Crippen molar-refractivity contribution in [3.63, 3.8) is 0 Å². The second-order valence-electron chi connectivity index (χ2n) is 7.21. The van der Waals surface area contributed by atoms with E-state index in [0.717, 1.165) is 6.42 Å². The normalized spacial score (nSPS) is 17.9. The van der Waals surface area contributed by atoms with Crippen LogP contribution in [0.1, 0.15) is 23.2 Å². The van der Waals surface area contributed by atoms with Crippen LogP contribution in [0.2, 0.25) is 0 Å². The van der Waals surface area contributed by atoms with Gasteiger partial charge >= 0.3 is 0 Å². The molecular weight excluding hydrogens is 386 g/mol. The summed E-state index contributed by atoms with van der Waals surface area (Å²) >= 11 is 0. The van der Waals surface area contributed by atoms with E-state index in [4.69, 9.17) is 9.47 Å². The summed E-state index contributed by atoms with van der Waals surface area (Å²) in [5.41, 5.74) is 1.36. The zero-order valence-electron chi connectivity index (χ0n) is 16.9. The van der Waals surface area contributed by atoms with Gasteiger partial charge in [0.05, 0.1) is 31.2 Å². The summed E-state index contributed by atoms with van der Waals surface area (Å²) < 4.78 is 10.5. The fourth-order valence-electron chi connectivity index (χ4n) is 4.01. The molecule has 1 unspecified atom stereocenters. The van der Waals surface area contributed by atoms with E-state index in [0.29, 0.717) is 41.4 Å². The minimum Gasteiger partial charge on any atom is -0.497 e. The number of nitrogens with zero attached hydrogens (tertiary/aromatic N) is 2. The van der Waals surface area contributed by atoms with Crippen molar-refractivity contribution in [1.82, 2.24) is 4.90 Å². The summed E-state index contributed by atoms with van der Waals surface area (Å²) in [6.45, 7) is 0.343. The van der Waals surface area contributed by atoms with Crippen LogP contribution in [0.25, 0.3) is 0 Å². The van der Waals surface area contributed by atoms with Gasteiger partial charge in [-0.15, -0.1) is 0 Å². The summed E-state index contributed by atoms with van der Waals surface area (Å²) in [5, 5.41) is 2.79. The molecule has 4 rings (SSSR count). The fourth-order valence-corrected chi connectivity index (χ4v) is 4.01. The molecule has 2 aromatic rings. The van der Waals surface area contributed by atoms with Crippen molar-refractivity contribution in [2.45, 2.75) is 18.9 Å². The number of methoxy groups -OCH3 is 2. The quantitative estimate of drug-likeness (QED) is 0.819. The highest BCUT2D eigenvalue weighted by atomic mass is 16.5. The number of para-hydroxylation sites is 1. The van der Waals surface area contributed by atoms with E-state index in [1.165, 1.54) is 12.0 Å². The van der Waals surface area contributed by atoms with Crippen LogP contribution in [0, 0.1) is 0 Å². The highest BCUT2D eigenvalue weighted by Crippen LogP contribution is 2.33. The molecule has 8 nitrogen and oxygen atoms in total. The first-order valence-electron chi connectivity index (χ1n) is 9.76. The van der Waals surface area contributed by atoms with Crippen LogP contribution < -0.4 is 19.7 Å². The Bertz CT molecular complexity index is 1010. The average molecular weight is 409 g/mol.